The van der Waals surface area contributed by atoms with Gasteiger partial charge < -0.3 is 14.8 Å². The minimum absolute atomic E-state index is 0.0778. The average Bonchev–Trinajstić information content (AvgIpc) is 2.90. The van der Waals surface area contributed by atoms with Gasteiger partial charge in [0, 0.05) is 27.2 Å². The zero-order chi connectivity index (χ0) is 17.3. The van der Waals surface area contributed by atoms with Gasteiger partial charge in [-0.3, -0.25) is 4.79 Å². The molecule has 0 aliphatic rings. The van der Waals surface area contributed by atoms with Gasteiger partial charge >= 0.3 is 5.97 Å². The zero-order valence-corrected chi connectivity index (χ0v) is 13.6. The van der Waals surface area contributed by atoms with Crippen molar-refractivity contribution < 1.29 is 19.4 Å². The second-order valence-corrected chi connectivity index (χ2v) is 5.77. The topological polar surface area (TPSA) is 79.4 Å². The van der Waals surface area contributed by atoms with Crippen LogP contribution in [0.15, 0.2) is 42.5 Å². The molecule has 0 amide bonds. The predicted molar refractivity (Wildman–Crippen MR) is 90.8 cm³/mol. The maximum atomic E-state index is 12.4. The molecular weight excluding hydrogens is 330 g/mol. The van der Waals surface area contributed by atoms with E-state index in [1.807, 2.05) is 24.3 Å². The van der Waals surface area contributed by atoms with E-state index in [9.17, 15) is 14.7 Å². The van der Waals surface area contributed by atoms with Crippen LogP contribution in [-0.2, 0) is 4.74 Å². The van der Waals surface area contributed by atoms with Gasteiger partial charge in [-0.05, 0) is 31.2 Å². The Morgan fingerprint density at radius 2 is 1.96 bits per heavy atom. The van der Waals surface area contributed by atoms with Crippen molar-refractivity contribution in [2.75, 3.05) is 6.61 Å². The molecule has 3 aromatic rings. The predicted octanol–water partition coefficient (Wildman–Crippen LogP) is 3.88. The molecule has 0 bridgehead atoms. The SMILES string of the molecule is Cc1[nH]c2ccccc2c1C(=O)COC(=O)c1cc(Cl)ccc1O. The van der Waals surface area contributed by atoms with Gasteiger partial charge in [0.25, 0.3) is 0 Å². The van der Waals surface area contributed by atoms with Gasteiger partial charge in [-0.15, -0.1) is 0 Å². The molecule has 24 heavy (non-hydrogen) atoms. The quantitative estimate of drug-likeness (QED) is 0.556. The van der Waals surface area contributed by atoms with E-state index in [1.54, 1.807) is 6.92 Å². The van der Waals surface area contributed by atoms with Gasteiger partial charge in [0.1, 0.15) is 11.3 Å². The van der Waals surface area contributed by atoms with Crippen molar-refractivity contribution in [3.05, 3.63) is 64.3 Å². The molecule has 122 valence electrons. The van der Waals surface area contributed by atoms with Crippen molar-refractivity contribution >= 4 is 34.3 Å². The molecule has 1 heterocycles. The number of hydrogen-bond acceptors (Lipinski definition) is 4. The third kappa shape index (κ3) is 2.98. The number of aromatic nitrogens is 1. The number of para-hydroxylation sites is 1. The Balaban J connectivity index is 1.79. The van der Waals surface area contributed by atoms with Crippen LogP contribution in [0.2, 0.25) is 5.02 Å². The number of aromatic amines is 1. The van der Waals surface area contributed by atoms with Crippen LogP contribution in [0.1, 0.15) is 26.4 Å². The number of fused-ring (bicyclic) bond motifs is 1. The molecule has 0 spiro atoms. The lowest BCUT2D eigenvalue weighted by Gasteiger charge is -2.06. The van der Waals surface area contributed by atoms with E-state index in [4.69, 9.17) is 16.3 Å². The van der Waals surface area contributed by atoms with E-state index in [2.05, 4.69) is 4.98 Å². The maximum Gasteiger partial charge on any atom is 0.342 e. The normalized spacial score (nSPS) is 10.8. The largest absolute Gasteiger partial charge is 0.507 e. The summed E-state index contributed by atoms with van der Waals surface area (Å²) < 4.78 is 5.03. The van der Waals surface area contributed by atoms with E-state index < -0.39 is 12.6 Å². The molecule has 0 aliphatic heterocycles. The molecule has 5 nitrogen and oxygen atoms in total. The Bertz CT molecular complexity index is 945. The van der Waals surface area contributed by atoms with E-state index >= 15 is 0 Å². The minimum Gasteiger partial charge on any atom is -0.507 e. The Hall–Kier alpha value is -2.79. The highest BCUT2D eigenvalue weighted by Gasteiger charge is 2.19. The first-order valence-electron chi connectivity index (χ1n) is 7.23. The number of halogens is 1. The number of ketones is 1. The van der Waals surface area contributed by atoms with Gasteiger partial charge in [0.05, 0.1) is 0 Å². The van der Waals surface area contributed by atoms with Crippen molar-refractivity contribution in [2.45, 2.75) is 6.92 Å². The van der Waals surface area contributed by atoms with Crippen molar-refractivity contribution in [1.29, 1.82) is 0 Å². The molecule has 0 atom stereocenters. The smallest absolute Gasteiger partial charge is 0.342 e. The number of benzene rings is 2. The number of esters is 1. The van der Waals surface area contributed by atoms with Crippen LogP contribution in [0.5, 0.6) is 5.75 Å². The summed E-state index contributed by atoms with van der Waals surface area (Å²) in [4.78, 5) is 27.6. The summed E-state index contributed by atoms with van der Waals surface area (Å²) >= 11 is 5.80. The fourth-order valence-corrected chi connectivity index (χ4v) is 2.76. The molecule has 0 saturated carbocycles. The molecule has 3 rings (SSSR count). The highest BCUT2D eigenvalue weighted by atomic mass is 35.5. The first-order chi connectivity index (χ1) is 11.5. The number of Topliss-reactive ketones (excluding diaryl/α,β-unsaturated/α-hetero) is 1. The molecule has 2 aromatic carbocycles. The summed E-state index contributed by atoms with van der Waals surface area (Å²) in [6.07, 6.45) is 0. The Labute approximate surface area is 142 Å². The number of rotatable bonds is 4. The molecule has 0 fully saturated rings. The number of hydrogen-bond donors (Lipinski definition) is 2. The molecule has 2 N–H and O–H groups in total. The van der Waals surface area contributed by atoms with Gasteiger partial charge in [-0.25, -0.2) is 4.79 Å². The highest BCUT2D eigenvalue weighted by molar-refractivity contribution is 6.31. The number of phenols is 1. The summed E-state index contributed by atoms with van der Waals surface area (Å²) in [6, 6.07) is 11.4. The average molecular weight is 344 g/mol. The van der Waals surface area contributed by atoms with Crippen molar-refractivity contribution in [1.82, 2.24) is 4.98 Å². The number of aryl methyl sites for hydroxylation is 1. The fourth-order valence-electron chi connectivity index (χ4n) is 2.59. The molecule has 6 heteroatoms. The fraction of sp³-hybridized carbons (Fsp3) is 0.111. The number of aromatic hydroxyl groups is 1. The summed E-state index contributed by atoms with van der Waals surface area (Å²) in [7, 11) is 0. The van der Waals surface area contributed by atoms with Gasteiger partial charge in [0.15, 0.2) is 6.61 Å². The summed E-state index contributed by atoms with van der Waals surface area (Å²) in [6.45, 7) is 1.37. The van der Waals surface area contributed by atoms with Crippen LogP contribution in [0.4, 0.5) is 0 Å². The molecule has 0 saturated heterocycles. The summed E-state index contributed by atoms with van der Waals surface area (Å²) in [5.41, 5.74) is 1.97. The number of nitrogens with one attached hydrogen (secondary N) is 1. The van der Waals surface area contributed by atoms with E-state index in [0.717, 1.165) is 10.9 Å². The highest BCUT2D eigenvalue weighted by Crippen LogP contribution is 2.24. The second-order valence-electron chi connectivity index (χ2n) is 5.33. The molecule has 0 unspecified atom stereocenters. The first-order valence-corrected chi connectivity index (χ1v) is 7.61. The van der Waals surface area contributed by atoms with E-state index in [0.29, 0.717) is 16.3 Å². The number of H-pyrrole nitrogens is 1. The lowest BCUT2D eigenvalue weighted by Crippen LogP contribution is -2.15. The van der Waals surface area contributed by atoms with Crippen molar-refractivity contribution in [3.63, 3.8) is 0 Å². The van der Waals surface area contributed by atoms with Crippen LogP contribution in [-0.4, -0.2) is 28.4 Å². The zero-order valence-electron chi connectivity index (χ0n) is 12.8. The number of ether oxygens (including phenoxy) is 1. The third-order valence-electron chi connectivity index (χ3n) is 3.69. The molecule has 0 radical (unpaired) electrons. The standard InChI is InChI=1S/C18H14ClNO4/c1-10-17(12-4-2-3-5-14(12)20-10)16(22)9-24-18(23)13-8-11(19)6-7-15(13)21/h2-8,20-21H,9H2,1H3. The van der Waals surface area contributed by atoms with Crippen LogP contribution >= 0.6 is 11.6 Å². The lowest BCUT2D eigenvalue weighted by atomic mass is 10.1. The van der Waals surface area contributed by atoms with Gasteiger partial charge in [0.2, 0.25) is 5.78 Å². The van der Waals surface area contributed by atoms with Crippen molar-refractivity contribution in [3.8, 4) is 5.75 Å². The molecular formula is C18H14ClNO4. The Morgan fingerprint density at radius 1 is 1.21 bits per heavy atom. The maximum absolute atomic E-state index is 12.4. The Morgan fingerprint density at radius 3 is 2.75 bits per heavy atom. The van der Waals surface area contributed by atoms with Crippen molar-refractivity contribution in [2.24, 2.45) is 0 Å². The van der Waals surface area contributed by atoms with Crippen LogP contribution in [0.3, 0.4) is 0 Å². The van der Waals surface area contributed by atoms with E-state index in [1.165, 1.54) is 18.2 Å². The summed E-state index contributed by atoms with van der Waals surface area (Å²) in [5.74, 6) is -1.37. The molecule has 0 aliphatic carbocycles. The number of carbonyl (C=O) groups is 2. The lowest BCUT2D eigenvalue weighted by molar-refractivity contribution is 0.0472. The third-order valence-corrected chi connectivity index (χ3v) is 3.92. The monoisotopic (exact) mass is 343 g/mol. The minimum atomic E-state index is -0.805. The van der Waals surface area contributed by atoms with Crippen LogP contribution < -0.4 is 0 Å². The Kier molecular flexibility index (Phi) is 4.27. The van der Waals surface area contributed by atoms with Crippen LogP contribution in [0, 0.1) is 6.92 Å². The first kappa shape index (κ1) is 16.1. The van der Waals surface area contributed by atoms with Gasteiger partial charge in [-0.1, -0.05) is 29.8 Å². The number of phenolic OH excluding ortho intramolecular Hbond substituents is 1. The van der Waals surface area contributed by atoms with Crippen LogP contribution in [0.25, 0.3) is 10.9 Å². The molecule has 1 aromatic heterocycles. The van der Waals surface area contributed by atoms with Gasteiger partial charge in [-0.2, -0.15) is 0 Å². The summed E-state index contributed by atoms with van der Waals surface area (Å²) in [5, 5.41) is 10.8. The second kappa shape index (κ2) is 6.37. The van der Waals surface area contributed by atoms with E-state index in [-0.39, 0.29) is 17.1 Å². The number of carbonyl (C=O) groups excluding carboxylic acids is 2.